The van der Waals surface area contributed by atoms with Gasteiger partial charge in [0, 0.05) is 30.8 Å². The van der Waals surface area contributed by atoms with Gasteiger partial charge in [-0.2, -0.15) is 0 Å². The zero-order valence-electron chi connectivity index (χ0n) is 21.6. The molecule has 0 fully saturated rings. The van der Waals surface area contributed by atoms with Gasteiger partial charge in [-0.1, -0.05) is 84.9 Å². The number of nitrogens with one attached hydrogen (secondary N) is 3. The summed E-state index contributed by atoms with van der Waals surface area (Å²) in [7, 11) is 0. The lowest BCUT2D eigenvalue weighted by Crippen LogP contribution is -2.50. The number of hydrogen-bond donors (Lipinski definition) is 4. The van der Waals surface area contributed by atoms with Crippen molar-refractivity contribution in [3.8, 4) is 0 Å². The highest BCUT2D eigenvalue weighted by atomic mass is 16.3. The number of carbonyl (C=O) groups is 2. The van der Waals surface area contributed by atoms with Crippen molar-refractivity contribution in [3.63, 3.8) is 0 Å². The van der Waals surface area contributed by atoms with Gasteiger partial charge in [-0.3, -0.25) is 9.59 Å². The van der Waals surface area contributed by atoms with Gasteiger partial charge in [0.1, 0.15) is 6.04 Å². The van der Waals surface area contributed by atoms with Crippen LogP contribution in [0.1, 0.15) is 16.8 Å². The first kappa shape index (κ1) is 26.1. The average molecular weight is 521 g/mol. The van der Waals surface area contributed by atoms with E-state index in [0.29, 0.717) is 12.8 Å². The number of aliphatic hydroxyl groups is 1. The fraction of sp³-hybridized carbons (Fsp3) is 0.219. The zero-order valence-corrected chi connectivity index (χ0v) is 21.6. The van der Waals surface area contributed by atoms with Crippen molar-refractivity contribution in [2.75, 3.05) is 13.2 Å². The van der Waals surface area contributed by atoms with Crippen LogP contribution in [0, 0.1) is 5.92 Å². The molecule has 7 nitrogen and oxygen atoms in total. The SMILES string of the molecule is O=C(NC(Cc1cnc[nH]1)C(=O)NCCO)C(Cc1cccc2ccccc12)Cc1cccc2ccccc12. The van der Waals surface area contributed by atoms with Crippen LogP contribution < -0.4 is 10.6 Å². The van der Waals surface area contributed by atoms with Crippen molar-refractivity contribution in [2.45, 2.75) is 25.3 Å². The van der Waals surface area contributed by atoms with Crippen LogP contribution in [-0.4, -0.2) is 46.1 Å². The second-order valence-corrected chi connectivity index (χ2v) is 9.74. The number of carbonyl (C=O) groups excluding carboxylic acids is 2. The van der Waals surface area contributed by atoms with E-state index in [1.807, 2.05) is 36.4 Å². The molecule has 0 saturated carbocycles. The molecule has 0 aliphatic rings. The molecule has 2 amide bonds. The smallest absolute Gasteiger partial charge is 0.243 e. The van der Waals surface area contributed by atoms with Crippen molar-refractivity contribution < 1.29 is 14.7 Å². The van der Waals surface area contributed by atoms with Gasteiger partial charge in [0.05, 0.1) is 12.9 Å². The van der Waals surface area contributed by atoms with Crippen LogP contribution in [0.2, 0.25) is 0 Å². The standard InChI is InChI=1S/C32H32N4O3/c37-16-15-34-32(39)30(19-27-20-33-21-35-27)36-31(38)26(17-24-11-5-9-22-7-1-3-13-28(22)24)18-25-12-6-10-23-8-2-4-14-29(23)25/h1-14,20-21,26,30,37H,15-19H2,(H,33,35)(H,34,39)(H,36,38). The molecule has 198 valence electrons. The second-order valence-electron chi connectivity index (χ2n) is 9.74. The van der Waals surface area contributed by atoms with E-state index >= 15 is 0 Å². The van der Waals surface area contributed by atoms with Gasteiger partial charge >= 0.3 is 0 Å². The first-order chi connectivity index (χ1) is 19.1. The van der Waals surface area contributed by atoms with Crippen LogP contribution in [0.25, 0.3) is 21.5 Å². The highest BCUT2D eigenvalue weighted by molar-refractivity contribution is 5.91. The maximum absolute atomic E-state index is 14.0. The number of imidazole rings is 1. The van der Waals surface area contributed by atoms with Gasteiger partial charge in [-0.05, 0) is 45.5 Å². The van der Waals surface area contributed by atoms with Crippen LogP contribution in [0.5, 0.6) is 0 Å². The number of aliphatic hydroxyl groups excluding tert-OH is 1. The molecule has 0 bridgehead atoms. The predicted molar refractivity (Wildman–Crippen MR) is 153 cm³/mol. The molecule has 5 rings (SSSR count). The lowest BCUT2D eigenvalue weighted by atomic mass is 9.87. The van der Waals surface area contributed by atoms with Gasteiger partial charge in [-0.25, -0.2) is 4.98 Å². The predicted octanol–water partition coefficient (Wildman–Crippen LogP) is 3.95. The molecular weight excluding hydrogens is 488 g/mol. The maximum Gasteiger partial charge on any atom is 0.243 e. The lowest BCUT2D eigenvalue weighted by Gasteiger charge is -2.23. The summed E-state index contributed by atoms with van der Waals surface area (Å²) in [6.07, 6.45) is 4.49. The zero-order chi connectivity index (χ0) is 27.0. The summed E-state index contributed by atoms with van der Waals surface area (Å²) in [5.74, 6) is -0.961. The summed E-state index contributed by atoms with van der Waals surface area (Å²) >= 11 is 0. The number of rotatable bonds is 11. The molecule has 39 heavy (non-hydrogen) atoms. The summed E-state index contributed by atoms with van der Waals surface area (Å²) in [4.78, 5) is 34.0. The molecule has 1 atom stereocenters. The number of amides is 2. The number of aromatic nitrogens is 2. The molecule has 0 aliphatic heterocycles. The van der Waals surface area contributed by atoms with Crippen molar-refractivity contribution in [1.29, 1.82) is 0 Å². The van der Waals surface area contributed by atoms with Gasteiger partial charge in [0.25, 0.3) is 0 Å². The third-order valence-electron chi connectivity index (χ3n) is 7.09. The molecule has 0 spiro atoms. The molecule has 4 N–H and O–H groups in total. The Morgan fingerprint density at radius 1 is 0.769 bits per heavy atom. The van der Waals surface area contributed by atoms with Crippen LogP contribution >= 0.6 is 0 Å². The largest absolute Gasteiger partial charge is 0.395 e. The Morgan fingerprint density at radius 3 is 1.92 bits per heavy atom. The number of aromatic amines is 1. The van der Waals surface area contributed by atoms with E-state index in [4.69, 9.17) is 0 Å². The average Bonchev–Trinajstić information content (AvgIpc) is 3.48. The Labute approximate surface area is 227 Å². The molecular formula is C32H32N4O3. The summed E-state index contributed by atoms with van der Waals surface area (Å²) in [5.41, 5.74) is 2.91. The van der Waals surface area contributed by atoms with E-state index in [0.717, 1.165) is 38.4 Å². The van der Waals surface area contributed by atoms with Crippen LogP contribution in [0.4, 0.5) is 0 Å². The molecule has 5 aromatic rings. The van der Waals surface area contributed by atoms with E-state index < -0.39 is 12.0 Å². The number of benzene rings is 4. The first-order valence-corrected chi connectivity index (χ1v) is 13.2. The minimum Gasteiger partial charge on any atom is -0.395 e. The second kappa shape index (κ2) is 12.4. The topological polar surface area (TPSA) is 107 Å². The van der Waals surface area contributed by atoms with E-state index in [-0.39, 0.29) is 31.4 Å². The molecule has 4 aromatic carbocycles. The normalized spacial score (nSPS) is 12.1. The number of nitrogens with zero attached hydrogens (tertiary/aromatic N) is 1. The molecule has 0 radical (unpaired) electrons. The minimum atomic E-state index is -0.813. The minimum absolute atomic E-state index is 0.115. The van der Waals surface area contributed by atoms with E-state index in [2.05, 4.69) is 69.1 Å². The van der Waals surface area contributed by atoms with Crippen molar-refractivity contribution in [1.82, 2.24) is 20.6 Å². The van der Waals surface area contributed by atoms with Crippen LogP contribution in [0.3, 0.4) is 0 Å². The first-order valence-electron chi connectivity index (χ1n) is 13.2. The van der Waals surface area contributed by atoms with Crippen molar-refractivity contribution >= 4 is 33.4 Å². The summed E-state index contributed by atoms with van der Waals surface area (Å²) < 4.78 is 0. The third kappa shape index (κ3) is 6.33. The fourth-order valence-electron chi connectivity index (χ4n) is 5.15. The molecule has 1 unspecified atom stereocenters. The fourth-order valence-corrected chi connectivity index (χ4v) is 5.15. The number of fused-ring (bicyclic) bond motifs is 2. The monoisotopic (exact) mass is 520 g/mol. The molecule has 0 aliphatic carbocycles. The number of hydrogen-bond acceptors (Lipinski definition) is 4. The number of H-pyrrole nitrogens is 1. The Hall–Kier alpha value is -4.49. The third-order valence-corrected chi connectivity index (χ3v) is 7.09. The molecule has 1 aromatic heterocycles. The Balaban J connectivity index is 1.47. The van der Waals surface area contributed by atoms with Gasteiger partial charge in [0.15, 0.2) is 0 Å². The van der Waals surface area contributed by atoms with E-state index in [1.54, 1.807) is 12.5 Å². The Morgan fingerprint density at radius 2 is 1.36 bits per heavy atom. The van der Waals surface area contributed by atoms with Gasteiger partial charge in [0.2, 0.25) is 11.8 Å². The molecule has 7 heteroatoms. The van der Waals surface area contributed by atoms with E-state index in [9.17, 15) is 14.7 Å². The summed E-state index contributed by atoms with van der Waals surface area (Å²) in [6.45, 7) is -0.0646. The highest BCUT2D eigenvalue weighted by Crippen LogP contribution is 2.26. The quantitative estimate of drug-likeness (QED) is 0.212. The summed E-state index contributed by atoms with van der Waals surface area (Å²) in [6, 6.07) is 27.9. The van der Waals surface area contributed by atoms with Gasteiger partial charge in [-0.15, -0.1) is 0 Å². The molecule has 0 saturated heterocycles. The Bertz CT molecular complexity index is 1470. The van der Waals surface area contributed by atoms with Gasteiger partial charge < -0.3 is 20.7 Å². The van der Waals surface area contributed by atoms with Crippen LogP contribution in [-0.2, 0) is 28.9 Å². The molecule has 1 heterocycles. The van der Waals surface area contributed by atoms with E-state index in [1.165, 1.54) is 0 Å². The maximum atomic E-state index is 14.0. The van der Waals surface area contributed by atoms with Crippen LogP contribution in [0.15, 0.2) is 97.5 Å². The Kier molecular flexibility index (Phi) is 8.29. The summed E-state index contributed by atoms with van der Waals surface area (Å²) in [5, 5.41) is 19.4. The highest BCUT2D eigenvalue weighted by Gasteiger charge is 2.27. The van der Waals surface area contributed by atoms with Crippen molar-refractivity contribution in [3.05, 3.63) is 114 Å². The lowest BCUT2D eigenvalue weighted by molar-refractivity contribution is -0.131. The van der Waals surface area contributed by atoms with Crippen molar-refractivity contribution in [2.24, 2.45) is 5.92 Å².